The van der Waals surface area contributed by atoms with Gasteiger partial charge in [0.25, 0.3) is 0 Å². The van der Waals surface area contributed by atoms with Crippen LogP contribution in [0.15, 0.2) is 12.1 Å². The Morgan fingerprint density at radius 3 is 2.56 bits per heavy atom. The largest absolute Gasteiger partial charge is 0.466 e. The molecule has 7 heteroatoms. The molecule has 18 heavy (non-hydrogen) atoms. The number of fused-ring (bicyclic) bond motifs is 1. The zero-order valence-corrected chi connectivity index (χ0v) is 9.48. The van der Waals surface area contributed by atoms with Gasteiger partial charge in [-0.05, 0) is 6.92 Å². The van der Waals surface area contributed by atoms with E-state index >= 15 is 0 Å². The Bertz CT molecular complexity index is 604. The number of benzene rings is 1. The number of carbonyl (C=O) groups excluding carboxylic acids is 1. The molecule has 0 amide bonds. The molecular weight excluding hydrogens is 244 g/mol. The van der Waals surface area contributed by atoms with Crippen LogP contribution in [0.2, 0.25) is 0 Å². The molecule has 1 heterocycles. The fraction of sp³-hybridized carbons (Fsp3) is 0.273. The molecular formula is C11H9F2N3O2. The SMILES string of the molecule is CCOC(=O)Cc1nnc2cc(F)c(F)cc2n1. The summed E-state index contributed by atoms with van der Waals surface area (Å²) in [5, 5.41) is 7.32. The lowest BCUT2D eigenvalue weighted by molar-refractivity contribution is -0.142. The maximum Gasteiger partial charge on any atom is 0.313 e. The molecule has 0 saturated carbocycles. The number of hydrogen-bond acceptors (Lipinski definition) is 5. The van der Waals surface area contributed by atoms with Crippen molar-refractivity contribution < 1.29 is 18.3 Å². The van der Waals surface area contributed by atoms with Crippen molar-refractivity contribution in [3.8, 4) is 0 Å². The van der Waals surface area contributed by atoms with Crippen molar-refractivity contribution in [3.63, 3.8) is 0 Å². The van der Waals surface area contributed by atoms with Gasteiger partial charge in [0.2, 0.25) is 0 Å². The van der Waals surface area contributed by atoms with Crippen LogP contribution in [0.25, 0.3) is 11.0 Å². The zero-order chi connectivity index (χ0) is 13.1. The van der Waals surface area contributed by atoms with Crippen molar-refractivity contribution in [1.29, 1.82) is 0 Å². The summed E-state index contributed by atoms with van der Waals surface area (Å²) in [5.74, 6) is -2.44. The maximum absolute atomic E-state index is 13.0. The molecule has 94 valence electrons. The summed E-state index contributed by atoms with van der Waals surface area (Å²) in [6.07, 6.45) is -0.157. The maximum atomic E-state index is 13.0. The number of nitrogens with zero attached hydrogens (tertiary/aromatic N) is 3. The second-order valence-corrected chi connectivity index (χ2v) is 3.46. The number of halogens is 2. The van der Waals surface area contributed by atoms with E-state index in [9.17, 15) is 13.6 Å². The van der Waals surface area contributed by atoms with E-state index in [0.29, 0.717) is 0 Å². The number of carbonyl (C=O) groups is 1. The van der Waals surface area contributed by atoms with Gasteiger partial charge in [-0.25, -0.2) is 13.8 Å². The van der Waals surface area contributed by atoms with E-state index in [1.54, 1.807) is 6.92 Å². The lowest BCUT2D eigenvalue weighted by Gasteiger charge is -2.02. The van der Waals surface area contributed by atoms with Crippen LogP contribution in [0.4, 0.5) is 8.78 Å². The molecule has 0 spiro atoms. The molecule has 5 nitrogen and oxygen atoms in total. The topological polar surface area (TPSA) is 65.0 Å². The number of esters is 1. The van der Waals surface area contributed by atoms with Crippen LogP contribution < -0.4 is 0 Å². The van der Waals surface area contributed by atoms with Gasteiger partial charge in [0.15, 0.2) is 17.5 Å². The smallest absolute Gasteiger partial charge is 0.313 e. The lowest BCUT2D eigenvalue weighted by atomic mass is 10.3. The Balaban J connectivity index is 2.32. The Morgan fingerprint density at radius 1 is 1.22 bits per heavy atom. The quantitative estimate of drug-likeness (QED) is 0.774. The van der Waals surface area contributed by atoms with Crippen LogP contribution >= 0.6 is 0 Å². The van der Waals surface area contributed by atoms with E-state index < -0.39 is 17.6 Å². The van der Waals surface area contributed by atoms with Crippen LogP contribution in [0.1, 0.15) is 12.7 Å². The van der Waals surface area contributed by atoms with Gasteiger partial charge in [-0.2, -0.15) is 0 Å². The number of rotatable bonds is 3. The van der Waals surface area contributed by atoms with Gasteiger partial charge >= 0.3 is 5.97 Å². The highest BCUT2D eigenvalue weighted by molar-refractivity contribution is 5.75. The lowest BCUT2D eigenvalue weighted by Crippen LogP contribution is -2.11. The molecule has 0 bridgehead atoms. The molecule has 0 fully saturated rings. The second-order valence-electron chi connectivity index (χ2n) is 3.46. The third-order valence-electron chi connectivity index (χ3n) is 2.15. The van der Waals surface area contributed by atoms with Crippen molar-refractivity contribution >= 4 is 17.0 Å². The van der Waals surface area contributed by atoms with Crippen molar-refractivity contribution in [1.82, 2.24) is 15.2 Å². The molecule has 1 aromatic heterocycles. The van der Waals surface area contributed by atoms with Crippen molar-refractivity contribution in [2.45, 2.75) is 13.3 Å². The Labute approximate surface area is 101 Å². The van der Waals surface area contributed by atoms with Gasteiger partial charge in [-0.1, -0.05) is 0 Å². The minimum absolute atomic E-state index is 0.104. The van der Waals surface area contributed by atoms with Crippen LogP contribution in [-0.2, 0) is 16.0 Å². The van der Waals surface area contributed by atoms with Crippen LogP contribution in [0.5, 0.6) is 0 Å². The molecule has 2 rings (SSSR count). The van der Waals surface area contributed by atoms with Crippen LogP contribution in [-0.4, -0.2) is 27.8 Å². The Kier molecular flexibility index (Phi) is 3.40. The van der Waals surface area contributed by atoms with Gasteiger partial charge in [-0.3, -0.25) is 4.79 Å². The minimum atomic E-state index is -1.02. The average Bonchev–Trinajstić information content (AvgIpc) is 2.31. The molecule has 1 aromatic carbocycles. The van der Waals surface area contributed by atoms with E-state index in [4.69, 9.17) is 4.74 Å². The highest BCUT2D eigenvalue weighted by Gasteiger charge is 2.11. The van der Waals surface area contributed by atoms with E-state index in [1.807, 2.05) is 0 Å². The van der Waals surface area contributed by atoms with Crippen LogP contribution in [0.3, 0.4) is 0 Å². The molecule has 2 aromatic rings. The van der Waals surface area contributed by atoms with Crippen molar-refractivity contribution in [3.05, 3.63) is 29.6 Å². The normalized spacial score (nSPS) is 10.6. The number of ether oxygens (including phenoxy) is 1. The second kappa shape index (κ2) is 4.99. The predicted molar refractivity (Wildman–Crippen MR) is 57.6 cm³/mol. The van der Waals surface area contributed by atoms with Gasteiger partial charge in [0.05, 0.1) is 12.1 Å². The fourth-order valence-electron chi connectivity index (χ4n) is 1.38. The summed E-state index contributed by atoms with van der Waals surface area (Å²) in [6.45, 7) is 1.93. The number of aromatic nitrogens is 3. The van der Waals surface area contributed by atoms with E-state index in [0.717, 1.165) is 12.1 Å². The zero-order valence-electron chi connectivity index (χ0n) is 9.48. The van der Waals surface area contributed by atoms with Crippen molar-refractivity contribution in [2.75, 3.05) is 6.61 Å². The fourth-order valence-corrected chi connectivity index (χ4v) is 1.38. The summed E-state index contributed by atoms with van der Waals surface area (Å²) in [4.78, 5) is 15.1. The summed E-state index contributed by atoms with van der Waals surface area (Å²) in [7, 11) is 0. The Hall–Kier alpha value is -2.18. The third kappa shape index (κ3) is 2.55. The molecule has 0 unspecified atom stereocenters. The first-order valence-electron chi connectivity index (χ1n) is 5.24. The molecule has 0 atom stereocenters. The first kappa shape index (κ1) is 12.3. The first-order valence-corrected chi connectivity index (χ1v) is 5.24. The van der Waals surface area contributed by atoms with Gasteiger partial charge < -0.3 is 4.74 Å². The van der Waals surface area contributed by atoms with Gasteiger partial charge in [0, 0.05) is 12.1 Å². The third-order valence-corrected chi connectivity index (χ3v) is 2.15. The standard InChI is InChI=1S/C11H9F2N3O2/c1-2-18-11(17)5-10-14-8-3-6(12)7(13)4-9(8)15-16-10/h3-4H,2,5H2,1H3. The predicted octanol–water partition coefficient (Wildman–Crippen LogP) is 1.41. The first-order chi connectivity index (χ1) is 8.60. The molecule has 0 aliphatic carbocycles. The Morgan fingerprint density at radius 2 is 1.89 bits per heavy atom. The highest BCUT2D eigenvalue weighted by atomic mass is 19.2. The molecule has 0 radical (unpaired) electrons. The van der Waals surface area contributed by atoms with Crippen molar-refractivity contribution in [2.24, 2.45) is 0 Å². The minimum Gasteiger partial charge on any atom is -0.466 e. The molecule has 0 N–H and O–H groups in total. The molecule has 0 aliphatic rings. The summed E-state index contributed by atoms with van der Waals surface area (Å²) >= 11 is 0. The van der Waals surface area contributed by atoms with Gasteiger partial charge in [0.1, 0.15) is 11.9 Å². The van der Waals surface area contributed by atoms with Gasteiger partial charge in [-0.15, -0.1) is 10.2 Å². The molecule has 0 aliphatic heterocycles. The summed E-state index contributed by atoms with van der Waals surface area (Å²) in [6, 6.07) is 1.81. The van der Waals surface area contributed by atoms with E-state index in [2.05, 4.69) is 15.2 Å². The highest BCUT2D eigenvalue weighted by Crippen LogP contribution is 2.14. The number of hydrogen-bond donors (Lipinski definition) is 0. The molecule has 0 saturated heterocycles. The average molecular weight is 253 g/mol. The monoisotopic (exact) mass is 253 g/mol. The van der Waals surface area contributed by atoms with E-state index in [1.165, 1.54) is 0 Å². The van der Waals surface area contributed by atoms with Crippen LogP contribution in [0, 0.1) is 11.6 Å². The summed E-state index contributed by atoms with van der Waals surface area (Å²) < 4.78 is 30.6. The van der Waals surface area contributed by atoms with E-state index in [-0.39, 0.29) is 29.9 Å². The summed E-state index contributed by atoms with van der Waals surface area (Å²) in [5.41, 5.74) is 0.268.